The van der Waals surface area contributed by atoms with Gasteiger partial charge in [-0.2, -0.15) is 0 Å². The van der Waals surface area contributed by atoms with Gasteiger partial charge in [-0.25, -0.2) is 0 Å². The third-order valence-corrected chi connectivity index (χ3v) is 8.11. The topological polar surface area (TPSA) is 62.6 Å². The zero-order chi connectivity index (χ0) is 24.7. The number of hydrogen-bond donors (Lipinski definition) is 0. The predicted molar refractivity (Wildman–Crippen MR) is 142 cm³/mol. The molecule has 2 aromatic carbocycles. The van der Waals surface area contributed by atoms with Gasteiger partial charge in [0.1, 0.15) is 0 Å². The predicted octanol–water partition coefficient (Wildman–Crippen LogP) is 4.97. The molecule has 180 valence electrons. The van der Waals surface area contributed by atoms with Crippen molar-refractivity contribution in [3.63, 3.8) is 0 Å². The molecule has 1 fully saturated rings. The van der Waals surface area contributed by atoms with Crippen LogP contribution in [0.25, 0.3) is 10.9 Å². The molecule has 0 radical (unpaired) electrons. The second kappa shape index (κ2) is 9.74. The maximum absolute atomic E-state index is 13.6. The standard InChI is InChI=1S/C27H25Br2N3O3/c1-2-26(34)32-12-17(13-32)10-20(33)15-31-16-23(22-11-19(28)6-7-25(22)31)27(35)30-9-8-21-18(14-30)4-3-5-24(21)29/h2-7,11,16-17H,1,8-10,12-15H2. The average molecular weight is 599 g/mol. The molecule has 0 bridgehead atoms. The number of fused-ring (bicyclic) bond motifs is 2. The molecular weight excluding hydrogens is 574 g/mol. The van der Waals surface area contributed by atoms with Crippen molar-refractivity contribution < 1.29 is 14.4 Å². The van der Waals surface area contributed by atoms with E-state index in [-0.39, 0.29) is 30.1 Å². The van der Waals surface area contributed by atoms with Crippen LogP contribution in [0, 0.1) is 5.92 Å². The first kappa shape index (κ1) is 24.0. The second-order valence-electron chi connectivity index (χ2n) is 9.24. The number of Topliss-reactive ketones (excluding diaryl/α,β-unsaturated/α-hetero) is 1. The highest BCUT2D eigenvalue weighted by atomic mass is 79.9. The van der Waals surface area contributed by atoms with E-state index in [4.69, 9.17) is 0 Å². The SMILES string of the molecule is C=CC(=O)N1CC(CC(=O)Cn2cc(C(=O)N3CCc4c(Br)cccc4C3)c3cc(Br)ccc32)C1. The number of ketones is 1. The van der Waals surface area contributed by atoms with E-state index in [1.807, 2.05) is 46.0 Å². The maximum atomic E-state index is 13.6. The molecule has 2 amide bonds. The van der Waals surface area contributed by atoms with E-state index in [1.54, 1.807) is 4.90 Å². The third-order valence-electron chi connectivity index (χ3n) is 6.88. The lowest BCUT2D eigenvalue weighted by molar-refractivity contribution is -0.134. The molecule has 5 rings (SSSR count). The second-order valence-corrected chi connectivity index (χ2v) is 11.0. The summed E-state index contributed by atoms with van der Waals surface area (Å²) in [5.41, 5.74) is 3.89. The first-order valence-electron chi connectivity index (χ1n) is 11.6. The Morgan fingerprint density at radius 3 is 2.66 bits per heavy atom. The number of carbonyl (C=O) groups is 3. The summed E-state index contributed by atoms with van der Waals surface area (Å²) >= 11 is 7.15. The molecule has 0 saturated carbocycles. The molecule has 8 heteroatoms. The smallest absolute Gasteiger partial charge is 0.256 e. The van der Waals surface area contributed by atoms with Crippen LogP contribution < -0.4 is 0 Å². The highest BCUT2D eigenvalue weighted by Gasteiger charge is 2.31. The van der Waals surface area contributed by atoms with E-state index >= 15 is 0 Å². The van der Waals surface area contributed by atoms with Gasteiger partial charge in [-0.05, 0) is 47.9 Å². The zero-order valence-electron chi connectivity index (χ0n) is 19.2. The van der Waals surface area contributed by atoms with Gasteiger partial charge in [0, 0.05) is 64.6 Å². The van der Waals surface area contributed by atoms with Crippen LogP contribution in [0.15, 0.2) is 64.2 Å². The van der Waals surface area contributed by atoms with Gasteiger partial charge in [0.2, 0.25) is 5.91 Å². The van der Waals surface area contributed by atoms with E-state index < -0.39 is 0 Å². The fourth-order valence-corrected chi connectivity index (χ4v) is 6.03. The van der Waals surface area contributed by atoms with Gasteiger partial charge < -0.3 is 14.4 Å². The first-order chi connectivity index (χ1) is 16.8. The Hall–Kier alpha value is -2.71. The quantitative estimate of drug-likeness (QED) is 0.377. The third kappa shape index (κ3) is 4.74. The van der Waals surface area contributed by atoms with Crippen molar-refractivity contribution in [2.24, 2.45) is 5.92 Å². The minimum atomic E-state index is -0.0912. The minimum Gasteiger partial charge on any atom is -0.339 e. The number of amides is 2. The highest BCUT2D eigenvalue weighted by Crippen LogP contribution is 2.31. The van der Waals surface area contributed by atoms with Crippen molar-refractivity contribution in [1.82, 2.24) is 14.4 Å². The molecule has 6 nitrogen and oxygen atoms in total. The monoisotopic (exact) mass is 597 g/mol. The summed E-state index contributed by atoms with van der Waals surface area (Å²) in [6, 6.07) is 11.9. The molecule has 0 spiro atoms. The summed E-state index contributed by atoms with van der Waals surface area (Å²) in [6.07, 6.45) is 4.34. The summed E-state index contributed by atoms with van der Waals surface area (Å²) in [7, 11) is 0. The van der Waals surface area contributed by atoms with Crippen molar-refractivity contribution in [3.05, 3.63) is 80.9 Å². The zero-order valence-corrected chi connectivity index (χ0v) is 22.3. The van der Waals surface area contributed by atoms with Crippen molar-refractivity contribution in [2.75, 3.05) is 19.6 Å². The lowest BCUT2D eigenvalue weighted by Crippen LogP contribution is -2.50. The van der Waals surface area contributed by atoms with Crippen LogP contribution in [0.2, 0.25) is 0 Å². The van der Waals surface area contributed by atoms with Gasteiger partial charge >= 0.3 is 0 Å². The molecular formula is C27H25Br2N3O3. The van der Waals surface area contributed by atoms with Crippen molar-refractivity contribution in [1.29, 1.82) is 0 Å². The summed E-state index contributed by atoms with van der Waals surface area (Å²) in [6.45, 7) is 6.10. The van der Waals surface area contributed by atoms with Crippen molar-refractivity contribution in [3.8, 4) is 0 Å². The Labute approximate surface area is 220 Å². The van der Waals surface area contributed by atoms with Crippen LogP contribution in [0.5, 0.6) is 0 Å². The normalized spacial score (nSPS) is 15.6. The molecule has 2 aliphatic heterocycles. The van der Waals surface area contributed by atoms with Crippen LogP contribution in [-0.4, -0.2) is 51.6 Å². The molecule has 1 saturated heterocycles. The van der Waals surface area contributed by atoms with E-state index in [0.717, 1.165) is 31.8 Å². The van der Waals surface area contributed by atoms with Gasteiger partial charge in [0.25, 0.3) is 5.91 Å². The summed E-state index contributed by atoms with van der Waals surface area (Å²) in [5, 5.41) is 0.837. The Kier molecular flexibility index (Phi) is 6.68. The van der Waals surface area contributed by atoms with Crippen molar-refractivity contribution in [2.45, 2.75) is 25.9 Å². The van der Waals surface area contributed by atoms with E-state index in [2.05, 4.69) is 44.5 Å². The number of halogens is 2. The number of nitrogens with zero attached hydrogens (tertiary/aromatic N) is 3. The number of likely N-dealkylation sites (tertiary alicyclic amines) is 1. The van der Waals surface area contributed by atoms with E-state index in [0.29, 0.717) is 38.2 Å². The minimum absolute atomic E-state index is 0.0255. The summed E-state index contributed by atoms with van der Waals surface area (Å²) in [5.74, 6) is 0.154. The average Bonchev–Trinajstić information content (AvgIpc) is 3.17. The Morgan fingerprint density at radius 2 is 1.89 bits per heavy atom. The van der Waals surface area contributed by atoms with Crippen LogP contribution in [-0.2, 0) is 29.1 Å². The van der Waals surface area contributed by atoms with E-state index in [9.17, 15) is 14.4 Å². The van der Waals surface area contributed by atoms with Crippen molar-refractivity contribution >= 4 is 60.4 Å². The van der Waals surface area contributed by atoms with Gasteiger partial charge in [-0.1, -0.05) is 50.6 Å². The lowest BCUT2D eigenvalue weighted by Gasteiger charge is -2.38. The van der Waals surface area contributed by atoms with Gasteiger partial charge in [0.05, 0.1) is 12.1 Å². The Morgan fingerprint density at radius 1 is 1.09 bits per heavy atom. The van der Waals surface area contributed by atoms with Crippen LogP contribution in [0.3, 0.4) is 0 Å². The molecule has 0 atom stereocenters. The largest absolute Gasteiger partial charge is 0.339 e. The number of benzene rings is 2. The maximum Gasteiger partial charge on any atom is 0.256 e. The highest BCUT2D eigenvalue weighted by molar-refractivity contribution is 9.10. The molecule has 1 aromatic heterocycles. The summed E-state index contributed by atoms with van der Waals surface area (Å²) in [4.78, 5) is 41.7. The molecule has 2 aliphatic rings. The molecule has 0 aliphatic carbocycles. The van der Waals surface area contributed by atoms with Crippen LogP contribution >= 0.6 is 31.9 Å². The number of rotatable bonds is 6. The molecule has 0 unspecified atom stereocenters. The Bertz CT molecular complexity index is 1360. The van der Waals surface area contributed by atoms with Crippen LogP contribution in [0.1, 0.15) is 27.9 Å². The molecule has 3 aromatic rings. The molecule has 3 heterocycles. The first-order valence-corrected chi connectivity index (χ1v) is 13.2. The molecule has 35 heavy (non-hydrogen) atoms. The van der Waals surface area contributed by atoms with Gasteiger partial charge in [-0.15, -0.1) is 0 Å². The Balaban J connectivity index is 1.35. The van der Waals surface area contributed by atoms with E-state index in [1.165, 1.54) is 11.6 Å². The van der Waals surface area contributed by atoms with Gasteiger partial charge in [0.15, 0.2) is 5.78 Å². The fourth-order valence-electron chi connectivity index (χ4n) is 5.06. The number of hydrogen-bond acceptors (Lipinski definition) is 3. The number of carbonyl (C=O) groups excluding carboxylic acids is 3. The van der Waals surface area contributed by atoms with Gasteiger partial charge in [-0.3, -0.25) is 14.4 Å². The lowest BCUT2D eigenvalue weighted by atomic mass is 9.94. The number of aromatic nitrogens is 1. The summed E-state index contributed by atoms with van der Waals surface area (Å²) < 4.78 is 3.86. The fraction of sp³-hybridized carbons (Fsp3) is 0.296. The van der Waals surface area contributed by atoms with Crippen LogP contribution in [0.4, 0.5) is 0 Å². The molecule has 0 N–H and O–H groups in total.